The molecular weight excluding hydrogens is 260 g/mol. The minimum Gasteiger partial charge on any atom is -0.324 e. The largest absolute Gasteiger partial charge is 0.324 e. The van der Waals surface area contributed by atoms with Gasteiger partial charge >= 0.3 is 0 Å². The first-order chi connectivity index (χ1) is 10.2. The van der Waals surface area contributed by atoms with Crippen molar-refractivity contribution >= 4 is 5.91 Å². The summed E-state index contributed by atoms with van der Waals surface area (Å²) >= 11 is 0. The summed E-state index contributed by atoms with van der Waals surface area (Å²) in [6.07, 6.45) is 6.51. The van der Waals surface area contributed by atoms with Crippen molar-refractivity contribution in [3.63, 3.8) is 0 Å². The van der Waals surface area contributed by atoms with E-state index in [1.807, 2.05) is 0 Å². The molecule has 0 bridgehead atoms. The van der Waals surface area contributed by atoms with E-state index in [2.05, 4.69) is 47.1 Å². The number of carbonyl (C=O) groups excluding carboxylic acids is 1. The molecule has 3 heteroatoms. The Morgan fingerprint density at radius 1 is 1.05 bits per heavy atom. The zero-order valence-corrected chi connectivity index (χ0v) is 13.1. The molecule has 2 heterocycles. The Hall–Kier alpha value is -1.35. The Morgan fingerprint density at radius 3 is 2.57 bits per heavy atom. The maximum Gasteiger partial charge on any atom is 0.224 e. The molecule has 1 amide bonds. The van der Waals surface area contributed by atoms with E-state index in [4.69, 9.17) is 0 Å². The third-order valence-electron chi connectivity index (χ3n) is 5.13. The number of benzene rings is 1. The fraction of sp³-hybridized carbons (Fsp3) is 0.611. The van der Waals surface area contributed by atoms with E-state index in [-0.39, 0.29) is 5.66 Å². The van der Waals surface area contributed by atoms with Crippen LogP contribution in [0.25, 0.3) is 0 Å². The van der Waals surface area contributed by atoms with Crippen LogP contribution < -0.4 is 0 Å². The molecule has 3 rings (SSSR count). The summed E-state index contributed by atoms with van der Waals surface area (Å²) in [5.74, 6) is 0.351. The Kier molecular flexibility index (Phi) is 4.29. The third-order valence-corrected chi connectivity index (χ3v) is 5.13. The number of hydrogen-bond donors (Lipinski definition) is 0. The van der Waals surface area contributed by atoms with Crippen molar-refractivity contribution in [2.45, 2.75) is 57.7 Å². The topological polar surface area (TPSA) is 23.6 Å². The molecule has 0 N–H and O–H groups in total. The number of piperidine rings is 2. The first-order valence-corrected chi connectivity index (χ1v) is 8.29. The Labute approximate surface area is 127 Å². The van der Waals surface area contributed by atoms with Crippen molar-refractivity contribution < 1.29 is 4.79 Å². The van der Waals surface area contributed by atoms with Gasteiger partial charge in [0.1, 0.15) is 0 Å². The van der Waals surface area contributed by atoms with Crippen LogP contribution in [0.1, 0.15) is 51.0 Å². The molecular formula is C18H26N2O. The fourth-order valence-electron chi connectivity index (χ4n) is 3.84. The van der Waals surface area contributed by atoms with Crippen molar-refractivity contribution in [2.24, 2.45) is 0 Å². The number of hydrogen-bond acceptors (Lipinski definition) is 2. The van der Waals surface area contributed by atoms with Crippen LogP contribution in [-0.2, 0) is 11.3 Å². The number of rotatable bonds is 3. The van der Waals surface area contributed by atoms with Crippen molar-refractivity contribution in [1.82, 2.24) is 9.80 Å². The first-order valence-electron chi connectivity index (χ1n) is 8.29. The van der Waals surface area contributed by atoms with Crippen LogP contribution in [-0.4, -0.2) is 34.5 Å². The van der Waals surface area contributed by atoms with Crippen molar-refractivity contribution in [3.05, 3.63) is 35.9 Å². The van der Waals surface area contributed by atoms with Crippen LogP contribution >= 0.6 is 0 Å². The summed E-state index contributed by atoms with van der Waals surface area (Å²) in [6, 6.07) is 10.6. The van der Waals surface area contributed by atoms with Crippen LogP contribution in [0.5, 0.6) is 0 Å². The Morgan fingerprint density at radius 2 is 1.81 bits per heavy atom. The molecule has 21 heavy (non-hydrogen) atoms. The SMILES string of the molecule is CC1(N2CCCCC2=O)CCCCN1Cc1ccccc1. The van der Waals surface area contributed by atoms with Gasteiger partial charge in [-0.2, -0.15) is 0 Å². The summed E-state index contributed by atoms with van der Waals surface area (Å²) in [4.78, 5) is 17.1. The van der Waals surface area contributed by atoms with Gasteiger partial charge < -0.3 is 4.90 Å². The van der Waals surface area contributed by atoms with Gasteiger partial charge in [-0.1, -0.05) is 30.3 Å². The smallest absolute Gasteiger partial charge is 0.224 e. The van der Waals surface area contributed by atoms with E-state index in [0.29, 0.717) is 5.91 Å². The van der Waals surface area contributed by atoms with Crippen LogP contribution in [0.15, 0.2) is 30.3 Å². The molecule has 1 unspecified atom stereocenters. The number of nitrogens with zero attached hydrogens (tertiary/aromatic N) is 2. The molecule has 1 aromatic rings. The first kappa shape index (κ1) is 14.6. The van der Waals surface area contributed by atoms with Gasteiger partial charge in [0.15, 0.2) is 0 Å². The van der Waals surface area contributed by atoms with E-state index < -0.39 is 0 Å². The maximum absolute atomic E-state index is 12.4. The minimum absolute atomic E-state index is 0.0917. The summed E-state index contributed by atoms with van der Waals surface area (Å²) in [6.45, 7) is 5.25. The monoisotopic (exact) mass is 286 g/mol. The molecule has 2 fully saturated rings. The lowest BCUT2D eigenvalue weighted by Gasteiger charge is -2.52. The maximum atomic E-state index is 12.4. The van der Waals surface area contributed by atoms with E-state index in [9.17, 15) is 4.79 Å². The van der Waals surface area contributed by atoms with Crippen molar-refractivity contribution in [2.75, 3.05) is 13.1 Å². The number of amides is 1. The fourth-order valence-corrected chi connectivity index (χ4v) is 3.84. The predicted molar refractivity (Wildman–Crippen MR) is 84.7 cm³/mol. The molecule has 2 saturated heterocycles. The second-order valence-electron chi connectivity index (χ2n) is 6.58. The Balaban J connectivity index is 1.81. The predicted octanol–water partition coefficient (Wildman–Crippen LogP) is 3.40. The lowest BCUT2D eigenvalue weighted by molar-refractivity contribution is -0.155. The highest BCUT2D eigenvalue weighted by molar-refractivity contribution is 5.77. The van der Waals surface area contributed by atoms with Gasteiger partial charge in [-0.25, -0.2) is 0 Å². The van der Waals surface area contributed by atoms with Gasteiger partial charge in [-0.15, -0.1) is 0 Å². The lowest BCUT2D eigenvalue weighted by atomic mass is 9.92. The summed E-state index contributed by atoms with van der Waals surface area (Å²) in [5, 5.41) is 0. The molecule has 0 radical (unpaired) electrons. The molecule has 2 aliphatic rings. The van der Waals surface area contributed by atoms with Gasteiger partial charge in [0, 0.05) is 26.1 Å². The second-order valence-corrected chi connectivity index (χ2v) is 6.58. The average Bonchev–Trinajstić information content (AvgIpc) is 2.51. The van der Waals surface area contributed by atoms with Gasteiger partial charge in [0.25, 0.3) is 0 Å². The average molecular weight is 286 g/mol. The van der Waals surface area contributed by atoms with Crippen molar-refractivity contribution in [3.8, 4) is 0 Å². The number of carbonyl (C=O) groups is 1. The zero-order valence-electron chi connectivity index (χ0n) is 13.1. The van der Waals surface area contributed by atoms with Crippen molar-refractivity contribution in [1.29, 1.82) is 0 Å². The third kappa shape index (κ3) is 2.98. The highest BCUT2D eigenvalue weighted by Crippen LogP contribution is 2.35. The molecule has 0 saturated carbocycles. The molecule has 114 valence electrons. The molecule has 2 aliphatic heterocycles. The molecule has 0 aliphatic carbocycles. The minimum atomic E-state index is -0.0917. The Bertz CT molecular complexity index is 487. The highest BCUT2D eigenvalue weighted by Gasteiger charge is 2.42. The van der Waals surface area contributed by atoms with Gasteiger partial charge in [0.05, 0.1) is 5.66 Å². The molecule has 1 aromatic carbocycles. The second kappa shape index (κ2) is 6.18. The molecule has 3 nitrogen and oxygen atoms in total. The normalized spacial score (nSPS) is 27.9. The van der Waals surface area contributed by atoms with Gasteiger partial charge in [0.2, 0.25) is 5.91 Å². The van der Waals surface area contributed by atoms with Gasteiger partial charge in [-0.05, 0) is 44.6 Å². The summed E-state index contributed by atoms with van der Waals surface area (Å²) in [7, 11) is 0. The zero-order chi connectivity index (χ0) is 14.7. The van der Waals surface area contributed by atoms with Crippen LogP contribution in [0.4, 0.5) is 0 Å². The van der Waals surface area contributed by atoms with E-state index in [0.717, 1.165) is 45.3 Å². The van der Waals surface area contributed by atoms with E-state index in [1.165, 1.54) is 18.4 Å². The number of likely N-dealkylation sites (tertiary alicyclic amines) is 2. The molecule has 1 atom stereocenters. The van der Waals surface area contributed by atoms with Gasteiger partial charge in [-0.3, -0.25) is 9.69 Å². The molecule has 0 aromatic heterocycles. The highest BCUT2D eigenvalue weighted by atomic mass is 16.2. The van der Waals surface area contributed by atoms with Crippen LogP contribution in [0.3, 0.4) is 0 Å². The van der Waals surface area contributed by atoms with Crippen LogP contribution in [0, 0.1) is 0 Å². The van der Waals surface area contributed by atoms with E-state index >= 15 is 0 Å². The van der Waals surface area contributed by atoms with Crippen LogP contribution in [0.2, 0.25) is 0 Å². The standard InChI is InChI=1S/C18H26N2O/c1-18(20-14-7-5-11-17(20)21)12-6-8-13-19(18)15-16-9-3-2-4-10-16/h2-4,9-10H,5-8,11-15H2,1H3. The quantitative estimate of drug-likeness (QED) is 0.850. The lowest BCUT2D eigenvalue weighted by Crippen LogP contribution is -2.63. The summed E-state index contributed by atoms with van der Waals surface area (Å²) in [5.41, 5.74) is 1.25. The molecule has 0 spiro atoms. The van der Waals surface area contributed by atoms with E-state index in [1.54, 1.807) is 0 Å². The summed E-state index contributed by atoms with van der Waals surface area (Å²) < 4.78 is 0.